The van der Waals surface area contributed by atoms with Gasteiger partial charge >= 0.3 is 17.9 Å². The largest absolute Gasteiger partial charge is 0.508 e. The van der Waals surface area contributed by atoms with E-state index in [0.717, 1.165) is 42.4 Å². The normalized spacial score (nSPS) is 12.0. The Bertz CT molecular complexity index is 4750. The third kappa shape index (κ3) is 21.3. The maximum Gasteiger partial charge on any atom is 0.336 e. The average Bonchev–Trinajstić information content (AvgIpc) is 0.817. The zero-order valence-electron chi connectivity index (χ0n) is 57.3. The molecule has 6 aromatic carbocycles. The van der Waals surface area contributed by atoms with Gasteiger partial charge in [-0.15, -0.1) is 45.9 Å². The van der Waals surface area contributed by atoms with Gasteiger partial charge in [0.15, 0.2) is 23.5 Å². The minimum absolute atomic E-state index is 0.0198. The number of imide groups is 1. The van der Waals surface area contributed by atoms with Crippen molar-refractivity contribution in [1.29, 1.82) is 0 Å². The zero-order valence-corrected chi connectivity index (χ0v) is 57.3. The van der Waals surface area contributed by atoms with Gasteiger partial charge in [-0.05, 0) is 115 Å². The molecule has 4 aliphatic heterocycles. The van der Waals surface area contributed by atoms with E-state index in [1.807, 2.05) is 48.5 Å². The number of aromatic nitrogens is 8. The van der Waals surface area contributed by atoms with Crippen molar-refractivity contribution in [3.05, 3.63) is 225 Å². The Kier molecular flexibility index (Phi) is 28.1. The third-order valence-corrected chi connectivity index (χ3v) is 15.6. The first-order chi connectivity index (χ1) is 50.2. The number of hydroxylamine groups is 2. The van der Waals surface area contributed by atoms with Gasteiger partial charge in [-0.2, -0.15) is 0 Å². The first-order valence-corrected chi connectivity index (χ1v) is 32.7. The second kappa shape index (κ2) is 38.0. The average molecular weight is 1410 g/mol. The molecule has 28 nitrogen and oxygen atoms in total. The molecule has 3 amide bonds. The number of fused-ring (bicyclic) bond motifs is 4. The molecular weight excluding hydrogens is 1340 g/mol. The molecule has 0 radical (unpaired) electrons. The molecule has 6 heterocycles. The maximum atomic E-state index is 11.7. The van der Waals surface area contributed by atoms with Gasteiger partial charge < -0.3 is 54.8 Å². The number of ether oxygens (including phenoxy) is 1. The van der Waals surface area contributed by atoms with Crippen molar-refractivity contribution in [2.24, 2.45) is 5.73 Å². The molecule has 104 heavy (non-hydrogen) atoms. The van der Waals surface area contributed by atoms with Gasteiger partial charge in [-0.1, -0.05) is 106 Å². The summed E-state index contributed by atoms with van der Waals surface area (Å²) in [4.78, 5) is 96.0. The summed E-state index contributed by atoms with van der Waals surface area (Å²) in [5.41, 5.74) is 13.5. The van der Waals surface area contributed by atoms with Crippen LogP contribution in [0.1, 0.15) is 92.1 Å². The maximum absolute atomic E-state index is 11.7. The highest BCUT2D eigenvalue weighted by atomic mass is 16.7. The van der Waals surface area contributed by atoms with E-state index in [0.29, 0.717) is 96.6 Å². The van der Waals surface area contributed by atoms with Crippen molar-refractivity contribution in [2.45, 2.75) is 73.4 Å². The number of carboxylic acids is 2. The van der Waals surface area contributed by atoms with E-state index in [1.165, 1.54) is 113 Å². The molecule has 8 aromatic rings. The number of amides is 3. The molecule has 2 fully saturated rings. The van der Waals surface area contributed by atoms with Crippen LogP contribution in [0, 0.1) is 0 Å². The predicted molar refractivity (Wildman–Crippen MR) is 384 cm³/mol. The highest BCUT2D eigenvalue weighted by Crippen LogP contribution is 2.43. The molecule has 534 valence electrons. The number of hydrogen-bond donors (Lipinski definition) is 6. The molecule has 2 aliphatic carbocycles. The Morgan fingerprint density at radius 3 is 1.30 bits per heavy atom. The quantitative estimate of drug-likeness (QED) is 0.0461. The predicted octanol–water partition coefficient (Wildman–Crippen LogP) is 10.7. The third-order valence-electron chi connectivity index (χ3n) is 15.6. The van der Waals surface area contributed by atoms with Crippen LogP contribution in [0.5, 0.6) is 11.5 Å². The molecule has 0 spiro atoms. The van der Waals surface area contributed by atoms with E-state index in [4.69, 9.17) is 19.3 Å². The molecule has 28 heteroatoms. The fraction of sp³-hybridized carbons (Fsp3) is 0.211. The Morgan fingerprint density at radius 1 is 0.529 bits per heavy atom. The summed E-state index contributed by atoms with van der Waals surface area (Å²) >= 11 is 0. The molecule has 2 saturated heterocycles. The summed E-state index contributed by atoms with van der Waals surface area (Å²) in [6.45, 7) is 15.8. The van der Waals surface area contributed by atoms with Crippen molar-refractivity contribution >= 4 is 57.6 Å². The monoisotopic (exact) mass is 1410 g/mol. The number of carbonyl (C=O) groups excluding carboxylic acids is 4. The highest BCUT2D eigenvalue weighted by molar-refractivity contribution is 6.09. The van der Waals surface area contributed by atoms with E-state index in [-0.39, 0.29) is 52.2 Å². The van der Waals surface area contributed by atoms with E-state index in [9.17, 15) is 58.8 Å². The molecule has 0 unspecified atom stereocenters. The number of benzene rings is 8. The van der Waals surface area contributed by atoms with Gasteiger partial charge in [0.1, 0.15) is 34.2 Å². The fourth-order valence-corrected chi connectivity index (χ4v) is 10.5. The van der Waals surface area contributed by atoms with Crippen molar-refractivity contribution in [3.8, 4) is 79.2 Å². The summed E-state index contributed by atoms with van der Waals surface area (Å²) in [6.07, 6.45) is 5.41. The van der Waals surface area contributed by atoms with E-state index < -0.39 is 29.7 Å². The molecular formula is C76H74N12O16. The van der Waals surface area contributed by atoms with E-state index in [2.05, 4.69) is 76.6 Å². The second-order valence-corrected chi connectivity index (χ2v) is 22.7. The lowest BCUT2D eigenvalue weighted by Gasteiger charge is -2.16. The number of carboxylic acid groups (broad SMARTS) is 2. The van der Waals surface area contributed by atoms with Gasteiger partial charge in [0.2, 0.25) is 17.6 Å². The molecule has 14 rings (SSSR count). The smallest absolute Gasteiger partial charge is 0.336 e. The number of phenols is 2. The van der Waals surface area contributed by atoms with Gasteiger partial charge in [0.25, 0.3) is 11.8 Å². The van der Waals surface area contributed by atoms with Gasteiger partial charge in [-0.25, -0.2) is 14.4 Å². The lowest BCUT2D eigenvalue weighted by atomic mass is 9.91. The fourth-order valence-electron chi connectivity index (χ4n) is 10.5. The topological polar surface area (TPSA) is 410 Å². The summed E-state index contributed by atoms with van der Waals surface area (Å²) in [6, 6.07) is 46.6. The van der Waals surface area contributed by atoms with Crippen LogP contribution >= 0.6 is 0 Å². The number of rotatable bonds is 13. The van der Waals surface area contributed by atoms with Crippen LogP contribution in [0.15, 0.2) is 201 Å². The van der Waals surface area contributed by atoms with Crippen molar-refractivity contribution in [1.82, 2.24) is 56.1 Å². The summed E-state index contributed by atoms with van der Waals surface area (Å²) in [5, 5.41) is 73.2. The molecule has 0 bridgehead atoms. The van der Waals surface area contributed by atoms with Gasteiger partial charge in [-0.3, -0.25) is 24.0 Å². The Morgan fingerprint density at radius 2 is 0.942 bits per heavy atom. The molecule has 6 aliphatic rings. The SMILES string of the molecule is C1CCOC1.CC(=O)NCc1ccc(-c2nncnn2)cc1.CC(=O)ON1C(=O)CCC1=O.CCN(CC)CC.NCc1ccc(-c2nncnn2)cc1.O=C(O)c1ccccc1-c1c2ccc(=O)cc-2oc2cc(O)ccc12.O=C(O)c1ccccc1-c1c2ccc(=O)cc-2oc2cc(O)ccc12. The Labute approximate surface area is 595 Å². The highest BCUT2D eigenvalue weighted by Gasteiger charge is 2.32. The number of nitrogens with two attached hydrogens (primary N) is 1. The van der Waals surface area contributed by atoms with E-state index >= 15 is 0 Å². The number of aromatic carboxylic acids is 2. The summed E-state index contributed by atoms with van der Waals surface area (Å²) in [7, 11) is 0. The van der Waals surface area contributed by atoms with Crippen LogP contribution in [-0.2, 0) is 41.8 Å². The van der Waals surface area contributed by atoms with Crippen LogP contribution in [-0.4, -0.2) is 140 Å². The number of nitrogens with one attached hydrogen (secondary N) is 1. The zero-order chi connectivity index (χ0) is 74.7. The molecule has 0 atom stereocenters. The van der Waals surface area contributed by atoms with Crippen molar-refractivity contribution < 1.29 is 67.6 Å². The number of carbonyl (C=O) groups is 6. The van der Waals surface area contributed by atoms with Crippen LogP contribution in [0.25, 0.3) is 89.6 Å². The second-order valence-electron chi connectivity index (χ2n) is 22.7. The van der Waals surface area contributed by atoms with Crippen LogP contribution < -0.4 is 21.9 Å². The Hall–Kier alpha value is -12.9. The number of nitrogens with zero attached hydrogens (tertiary/aromatic N) is 10. The lowest BCUT2D eigenvalue weighted by molar-refractivity contribution is -0.195. The molecule has 7 N–H and O–H groups in total. The van der Waals surface area contributed by atoms with Crippen molar-refractivity contribution in [2.75, 3.05) is 32.8 Å². The summed E-state index contributed by atoms with van der Waals surface area (Å²) < 4.78 is 16.5. The van der Waals surface area contributed by atoms with Crippen LogP contribution in [0.4, 0.5) is 0 Å². The minimum Gasteiger partial charge on any atom is -0.508 e. The number of hydrogen-bond acceptors (Lipinski definition) is 24. The number of phenolic OH excluding ortho intramolecular Hbond substituents is 2. The first-order valence-electron chi connectivity index (χ1n) is 32.7. The lowest BCUT2D eigenvalue weighted by Crippen LogP contribution is -2.30. The van der Waals surface area contributed by atoms with Gasteiger partial charge in [0, 0.05) is 121 Å². The molecule has 2 aromatic heterocycles. The van der Waals surface area contributed by atoms with Crippen molar-refractivity contribution in [3.63, 3.8) is 0 Å². The molecule has 0 saturated carbocycles. The van der Waals surface area contributed by atoms with Crippen LogP contribution in [0.3, 0.4) is 0 Å². The number of aromatic hydroxyl groups is 2. The standard InChI is InChI=1S/2C20H12O5.C11H11N5O.C9H9N5.C6H7NO4.C6H15N.C4H8O/c2*21-11-5-7-15-17(9-11)25-18-10-12(22)6-8-16(18)19(15)13-3-1-2-4-14(13)20(23)24;1-8(17)12-6-9-2-4-10(5-3-9)11-15-13-7-14-16-11;10-5-7-1-3-8(4-2-7)9-13-11-6-12-14-9;1-4(8)11-7-5(9)2-3-6(7)10;1-4-7(5-2)6-3;1-2-4-5-3-1/h2*1-10,21H,(H,23,24);2-5,7H,6H2,1H3,(H,12,17);1-4,6H,5,10H2;2-3H2,1H3;4-6H2,1-3H3;1-4H2. The van der Waals surface area contributed by atoms with E-state index in [1.54, 1.807) is 60.7 Å². The first kappa shape index (κ1) is 76.8. The Balaban J connectivity index is 0.000000162. The van der Waals surface area contributed by atoms with Gasteiger partial charge in [0.05, 0.1) is 11.1 Å². The van der Waals surface area contributed by atoms with Crippen LogP contribution in [0.2, 0.25) is 0 Å². The summed E-state index contributed by atoms with van der Waals surface area (Å²) in [5.74, 6) is -1.99. The minimum atomic E-state index is -1.04.